The van der Waals surface area contributed by atoms with Crippen molar-refractivity contribution >= 4 is 39.0 Å². The van der Waals surface area contributed by atoms with Crippen LogP contribution in [0.4, 0.5) is 0 Å². The molecule has 0 fully saturated rings. The predicted octanol–water partition coefficient (Wildman–Crippen LogP) is 7.21. The lowest BCUT2D eigenvalue weighted by molar-refractivity contribution is 0.456. The summed E-state index contributed by atoms with van der Waals surface area (Å²) in [4.78, 5) is 0. The average molecular weight is 370 g/mol. The molecule has 0 N–H and O–H groups in total. The zero-order valence-corrected chi connectivity index (χ0v) is 15.9. The van der Waals surface area contributed by atoms with Crippen LogP contribution >= 0.6 is 11.6 Å². The van der Waals surface area contributed by atoms with E-state index in [0.717, 1.165) is 11.4 Å². The highest BCUT2D eigenvalue weighted by molar-refractivity contribution is 6.31. The van der Waals surface area contributed by atoms with Crippen LogP contribution in [0.5, 0.6) is 0 Å². The van der Waals surface area contributed by atoms with Crippen molar-refractivity contribution in [1.82, 2.24) is 4.57 Å². The van der Waals surface area contributed by atoms with Crippen LogP contribution in [0.15, 0.2) is 91.0 Å². The number of para-hydroxylation sites is 1. The summed E-state index contributed by atoms with van der Waals surface area (Å²) >= 11 is 6.41. The highest BCUT2D eigenvalue weighted by atomic mass is 35.5. The third-order valence-electron chi connectivity index (χ3n) is 5.71. The van der Waals surface area contributed by atoms with Gasteiger partial charge in [0.25, 0.3) is 0 Å². The molecule has 0 saturated heterocycles. The van der Waals surface area contributed by atoms with Crippen molar-refractivity contribution in [2.24, 2.45) is 0 Å². The Kier molecular flexibility index (Phi) is 3.73. The number of aromatic nitrogens is 1. The van der Waals surface area contributed by atoms with Gasteiger partial charge in [0.05, 0.1) is 11.1 Å². The molecule has 0 radical (unpaired) electrons. The molecule has 0 bridgehead atoms. The average Bonchev–Trinajstić information content (AvgIpc) is 3.03. The van der Waals surface area contributed by atoms with Crippen molar-refractivity contribution in [2.75, 3.05) is 0 Å². The highest BCUT2D eigenvalue weighted by Crippen LogP contribution is 2.45. The standard InChI is InChI=1S/C25H20ClN/c1-25(16-8-7-12-22(25)18-9-3-2-4-10-18)27-23-13-6-5-11-20(23)21-15-14-19(26)17-24(21)27/h2-15,17H,16H2,1H3. The van der Waals surface area contributed by atoms with Crippen molar-refractivity contribution in [3.8, 4) is 0 Å². The number of benzene rings is 3. The van der Waals surface area contributed by atoms with E-state index in [9.17, 15) is 0 Å². The van der Waals surface area contributed by atoms with Gasteiger partial charge in [-0.05, 0) is 42.7 Å². The number of rotatable bonds is 2. The lowest BCUT2D eigenvalue weighted by Crippen LogP contribution is -2.32. The monoisotopic (exact) mass is 369 g/mol. The smallest absolute Gasteiger partial charge is 0.0715 e. The zero-order chi connectivity index (χ0) is 18.4. The summed E-state index contributed by atoms with van der Waals surface area (Å²) in [6, 6.07) is 25.6. The fourth-order valence-electron chi connectivity index (χ4n) is 4.46. The van der Waals surface area contributed by atoms with Crippen LogP contribution < -0.4 is 0 Å². The van der Waals surface area contributed by atoms with Crippen LogP contribution in [0.2, 0.25) is 5.02 Å². The number of halogens is 1. The largest absolute Gasteiger partial charge is 0.330 e. The fraction of sp³-hybridized carbons (Fsp3) is 0.120. The second-order valence-corrected chi connectivity index (χ2v) is 7.80. The molecule has 27 heavy (non-hydrogen) atoms. The van der Waals surface area contributed by atoms with Gasteiger partial charge in [0.2, 0.25) is 0 Å². The van der Waals surface area contributed by atoms with E-state index in [1.807, 2.05) is 6.07 Å². The number of nitrogens with zero attached hydrogens (tertiary/aromatic N) is 1. The second kappa shape index (κ2) is 6.14. The first-order chi connectivity index (χ1) is 13.2. The normalized spacial score (nSPS) is 19.6. The first-order valence-electron chi connectivity index (χ1n) is 9.30. The zero-order valence-electron chi connectivity index (χ0n) is 15.2. The van der Waals surface area contributed by atoms with Gasteiger partial charge in [0, 0.05) is 21.3 Å². The number of hydrogen-bond donors (Lipinski definition) is 0. The first kappa shape index (κ1) is 16.4. The lowest BCUT2D eigenvalue weighted by Gasteiger charge is -2.37. The van der Waals surface area contributed by atoms with Crippen molar-refractivity contribution in [3.05, 3.63) is 102 Å². The molecule has 1 aliphatic carbocycles. The third kappa shape index (κ3) is 2.46. The van der Waals surface area contributed by atoms with Crippen LogP contribution in [-0.4, -0.2) is 4.57 Å². The minimum Gasteiger partial charge on any atom is -0.330 e. The van der Waals surface area contributed by atoms with E-state index in [2.05, 4.69) is 96.4 Å². The molecule has 1 aliphatic rings. The summed E-state index contributed by atoms with van der Waals surface area (Å²) in [6.45, 7) is 2.34. The summed E-state index contributed by atoms with van der Waals surface area (Å²) in [5.74, 6) is 0. The number of allylic oxidation sites excluding steroid dienone is 4. The van der Waals surface area contributed by atoms with E-state index in [1.165, 1.54) is 32.9 Å². The minimum atomic E-state index is -0.192. The summed E-state index contributed by atoms with van der Waals surface area (Å²) in [6.07, 6.45) is 7.63. The maximum absolute atomic E-state index is 6.41. The van der Waals surface area contributed by atoms with Crippen LogP contribution in [0, 0.1) is 0 Å². The topological polar surface area (TPSA) is 4.93 Å². The van der Waals surface area contributed by atoms with Gasteiger partial charge in [-0.25, -0.2) is 0 Å². The molecule has 0 saturated carbocycles. The molecule has 1 atom stereocenters. The van der Waals surface area contributed by atoms with Crippen molar-refractivity contribution in [3.63, 3.8) is 0 Å². The van der Waals surface area contributed by atoms with Gasteiger partial charge >= 0.3 is 0 Å². The van der Waals surface area contributed by atoms with E-state index < -0.39 is 0 Å². The molecule has 132 valence electrons. The van der Waals surface area contributed by atoms with Crippen molar-refractivity contribution in [2.45, 2.75) is 18.9 Å². The molecule has 1 nitrogen and oxygen atoms in total. The fourth-order valence-corrected chi connectivity index (χ4v) is 4.63. The summed E-state index contributed by atoms with van der Waals surface area (Å²) in [5, 5.41) is 3.29. The Morgan fingerprint density at radius 1 is 0.852 bits per heavy atom. The lowest BCUT2D eigenvalue weighted by atomic mass is 9.80. The molecule has 0 amide bonds. The van der Waals surface area contributed by atoms with Gasteiger partial charge in [-0.15, -0.1) is 0 Å². The molecule has 1 heterocycles. The highest BCUT2D eigenvalue weighted by Gasteiger charge is 2.34. The van der Waals surface area contributed by atoms with Crippen LogP contribution in [0.3, 0.4) is 0 Å². The summed E-state index contributed by atoms with van der Waals surface area (Å²) in [5.41, 5.74) is 4.82. The minimum absolute atomic E-state index is 0.192. The number of fused-ring (bicyclic) bond motifs is 3. The molecule has 0 spiro atoms. The summed E-state index contributed by atoms with van der Waals surface area (Å²) in [7, 11) is 0. The van der Waals surface area contributed by atoms with E-state index in [-0.39, 0.29) is 5.54 Å². The van der Waals surface area contributed by atoms with E-state index in [0.29, 0.717) is 0 Å². The van der Waals surface area contributed by atoms with Crippen LogP contribution in [0.25, 0.3) is 27.4 Å². The Morgan fingerprint density at radius 2 is 1.59 bits per heavy atom. The second-order valence-electron chi connectivity index (χ2n) is 7.37. The number of hydrogen-bond acceptors (Lipinski definition) is 0. The van der Waals surface area contributed by atoms with Crippen molar-refractivity contribution in [1.29, 1.82) is 0 Å². The quantitative estimate of drug-likeness (QED) is 0.352. The molecular formula is C25H20ClN. The van der Waals surface area contributed by atoms with E-state index >= 15 is 0 Å². The third-order valence-corrected chi connectivity index (χ3v) is 5.94. The van der Waals surface area contributed by atoms with E-state index in [1.54, 1.807) is 0 Å². The Bertz CT molecular complexity index is 1210. The van der Waals surface area contributed by atoms with Gasteiger partial charge in [0.1, 0.15) is 0 Å². The van der Waals surface area contributed by atoms with Gasteiger partial charge in [-0.2, -0.15) is 0 Å². The van der Waals surface area contributed by atoms with Gasteiger partial charge in [-0.1, -0.05) is 84.4 Å². The molecule has 3 aromatic carbocycles. The Balaban J connectivity index is 1.87. The maximum atomic E-state index is 6.41. The molecule has 5 rings (SSSR count). The molecule has 1 aromatic heterocycles. The van der Waals surface area contributed by atoms with Gasteiger partial charge in [0.15, 0.2) is 0 Å². The molecule has 4 aromatic rings. The molecule has 1 unspecified atom stereocenters. The predicted molar refractivity (Wildman–Crippen MR) is 116 cm³/mol. The summed E-state index contributed by atoms with van der Waals surface area (Å²) < 4.78 is 2.48. The Labute approximate surface area is 164 Å². The molecular weight excluding hydrogens is 350 g/mol. The first-order valence-corrected chi connectivity index (χ1v) is 9.68. The Hall–Kier alpha value is -2.77. The maximum Gasteiger partial charge on any atom is 0.0715 e. The van der Waals surface area contributed by atoms with Crippen LogP contribution in [0.1, 0.15) is 18.9 Å². The Morgan fingerprint density at radius 3 is 2.44 bits per heavy atom. The molecule has 0 aliphatic heterocycles. The SMILES string of the molecule is CC1(n2c3ccccc3c3ccc(Cl)cc32)CC=CC=C1c1ccccc1. The van der Waals surface area contributed by atoms with Crippen LogP contribution in [-0.2, 0) is 5.54 Å². The van der Waals surface area contributed by atoms with Gasteiger partial charge in [-0.3, -0.25) is 0 Å². The van der Waals surface area contributed by atoms with E-state index in [4.69, 9.17) is 11.6 Å². The molecule has 2 heteroatoms. The van der Waals surface area contributed by atoms with Gasteiger partial charge < -0.3 is 4.57 Å². The van der Waals surface area contributed by atoms with Crippen molar-refractivity contribution < 1.29 is 0 Å².